The Kier molecular flexibility index (Phi) is 47.4. The van der Waals surface area contributed by atoms with E-state index in [-0.39, 0.29) is 42.7 Å². The monoisotopic (exact) mass is 951 g/mol. The molecule has 0 aliphatic carbocycles. The Bertz CT molecular complexity index is 1380. The summed E-state index contributed by atoms with van der Waals surface area (Å²) in [5.74, 6) is -1.54. The third-order valence-electron chi connectivity index (χ3n) is 12.1. The molecular formula is C60H104NO7+. The largest absolute Gasteiger partial charge is 0.477 e. The van der Waals surface area contributed by atoms with Crippen molar-refractivity contribution >= 4 is 17.9 Å². The van der Waals surface area contributed by atoms with Gasteiger partial charge in [-0.05, 0) is 64.2 Å². The number of nitrogens with zero attached hydrogens (tertiary/aromatic N) is 1. The van der Waals surface area contributed by atoms with Crippen molar-refractivity contribution < 1.29 is 38.2 Å². The van der Waals surface area contributed by atoms with E-state index in [4.69, 9.17) is 14.2 Å². The van der Waals surface area contributed by atoms with Gasteiger partial charge in [-0.1, -0.05) is 227 Å². The zero-order valence-corrected chi connectivity index (χ0v) is 44.5. The molecule has 0 spiro atoms. The lowest BCUT2D eigenvalue weighted by molar-refractivity contribution is -0.887. The molecule has 8 nitrogen and oxygen atoms in total. The number of ether oxygens (including phenoxy) is 3. The summed E-state index contributed by atoms with van der Waals surface area (Å²) in [6.07, 6.45) is 66.5. The molecule has 0 aromatic rings. The molecule has 0 aromatic carbocycles. The molecule has 1 N–H and O–H groups in total. The Morgan fingerprint density at radius 1 is 0.456 bits per heavy atom. The number of carbonyl (C=O) groups is 3. The van der Waals surface area contributed by atoms with Crippen molar-refractivity contribution in [3.8, 4) is 0 Å². The average molecular weight is 951 g/mol. The SMILES string of the molecule is CC/C=C/C/C=C/C/C=C/C/C=C/C/C=C/C/C=C/C/C=C/CCCC(=O)OC(COCCC(C(=O)O)[N+](C)(C)C)COC(=O)CCCCCCCCCCCCCCCCCCCCCCC. The van der Waals surface area contributed by atoms with Gasteiger partial charge in [0.15, 0.2) is 12.1 Å². The van der Waals surface area contributed by atoms with Crippen LogP contribution in [-0.2, 0) is 28.6 Å². The van der Waals surface area contributed by atoms with Gasteiger partial charge in [-0.3, -0.25) is 9.59 Å². The lowest BCUT2D eigenvalue weighted by atomic mass is 10.0. The molecule has 0 bridgehead atoms. The van der Waals surface area contributed by atoms with Crippen molar-refractivity contribution in [1.82, 2.24) is 0 Å². The number of allylic oxidation sites excluding steroid dienone is 14. The van der Waals surface area contributed by atoms with E-state index in [1.54, 1.807) is 0 Å². The van der Waals surface area contributed by atoms with Crippen molar-refractivity contribution in [1.29, 1.82) is 0 Å². The van der Waals surface area contributed by atoms with Crippen molar-refractivity contribution in [3.63, 3.8) is 0 Å². The van der Waals surface area contributed by atoms with Crippen LogP contribution in [0.5, 0.6) is 0 Å². The number of hydrogen-bond acceptors (Lipinski definition) is 6. The van der Waals surface area contributed by atoms with E-state index in [9.17, 15) is 19.5 Å². The molecule has 0 rings (SSSR count). The zero-order valence-electron chi connectivity index (χ0n) is 44.5. The highest BCUT2D eigenvalue weighted by Gasteiger charge is 2.31. The molecule has 0 amide bonds. The van der Waals surface area contributed by atoms with Gasteiger partial charge >= 0.3 is 17.9 Å². The Balaban J connectivity index is 4.31. The van der Waals surface area contributed by atoms with Crippen LogP contribution in [0, 0.1) is 0 Å². The molecule has 2 unspecified atom stereocenters. The maximum Gasteiger partial charge on any atom is 0.362 e. The van der Waals surface area contributed by atoms with Gasteiger partial charge in [0.25, 0.3) is 0 Å². The summed E-state index contributed by atoms with van der Waals surface area (Å²) in [6.45, 7) is 4.58. The van der Waals surface area contributed by atoms with Gasteiger partial charge in [-0.15, -0.1) is 0 Å². The normalized spacial score (nSPS) is 13.5. The number of likely N-dealkylation sites (N-methyl/N-ethyl adjacent to an activating group) is 1. The number of esters is 2. The van der Waals surface area contributed by atoms with Crippen LogP contribution < -0.4 is 0 Å². The van der Waals surface area contributed by atoms with Gasteiger partial charge in [0.1, 0.15) is 6.61 Å². The summed E-state index contributed by atoms with van der Waals surface area (Å²) in [5.41, 5.74) is 0. The van der Waals surface area contributed by atoms with Gasteiger partial charge in [-0.25, -0.2) is 4.79 Å². The molecule has 0 heterocycles. The van der Waals surface area contributed by atoms with Crippen molar-refractivity contribution in [2.24, 2.45) is 0 Å². The fourth-order valence-corrected chi connectivity index (χ4v) is 7.85. The van der Waals surface area contributed by atoms with E-state index in [0.717, 1.165) is 70.6 Å². The third kappa shape index (κ3) is 47.6. The molecule has 0 fully saturated rings. The minimum absolute atomic E-state index is 0.0354. The lowest BCUT2D eigenvalue weighted by Gasteiger charge is -2.31. The highest BCUT2D eigenvalue weighted by Crippen LogP contribution is 2.16. The number of rotatable bonds is 49. The van der Waals surface area contributed by atoms with Gasteiger partial charge in [0.05, 0.1) is 34.4 Å². The third-order valence-corrected chi connectivity index (χ3v) is 12.1. The van der Waals surface area contributed by atoms with E-state index < -0.39 is 18.1 Å². The van der Waals surface area contributed by atoms with E-state index in [0.29, 0.717) is 19.3 Å². The average Bonchev–Trinajstić information content (AvgIpc) is 3.30. The number of carboxylic acid groups (broad SMARTS) is 1. The molecule has 0 aromatic heterocycles. The zero-order chi connectivity index (χ0) is 49.9. The highest BCUT2D eigenvalue weighted by molar-refractivity contribution is 5.72. The summed E-state index contributed by atoms with van der Waals surface area (Å²) < 4.78 is 17.3. The second-order valence-corrected chi connectivity index (χ2v) is 19.5. The quantitative estimate of drug-likeness (QED) is 0.0281. The number of hydrogen-bond donors (Lipinski definition) is 1. The lowest BCUT2D eigenvalue weighted by Crippen LogP contribution is -2.50. The second kappa shape index (κ2) is 49.9. The van der Waals surface area contributed by atoms with Crippen LogP contribution in [0.1, 0.15) is 226 Å². The van der Waals surface area contributed by atoms with Crippen molar-refractivity contribution in [2.75, 3.05) is 41.0 Å². The molecule has 0 aliphatic heterocycles. The van der Waals surface area contributed by atoms with E-state index in [2.05, 4.69) is 98.9 Å². The first kappa shape index (κ1) is 64.5. The first-order valence-electron chi connectivity index (χ1n) is 27.6. The number of unbranched alkanes of at least 4 members (excludes halogenated alkanes) is 21. The van der Waals surface area contributed by atoms with Gasteiger partial charge in [0.2, 0.25) is 0 Å². The Labute approximate surface area is 418 Å². The molecule has 390 valence electrons. The van der Waals surface area contributed by atoms with Crippen LogP contribution in [0.15, 0.2) is 85.1 Å². The molecule has 0 saturated carbocycles. The maximum atomic E-state index is 12.8. The minimum Gasteiger partial charge on any atom is -0.477 e. The van der Waals surface area contributed by atoms with Crippen LogP contribution >= 0.6 is 0 Å². The Morgan fingerprint density at radius 2 is 0.824 bits per heavy atom. The van der Waals surface area contributed by atoms with Gasteiger partial charge < -0.3 is 23.8 Å². The first-order valence-corrected chi connectivity index (χ1v) is 27.6. The van der Waals surface area contributed by atoms with Gasteiger partial charge in [-0.2, -0.15) is 0 Å². The molecule has 8 heteroatoms. The van der Waals surface area contributed by atoms with E-state index in [1.165, 1.54) is 116 Å². The highest BCUT2D eigenvalue weighted by atomic mass is 16.6. The van der Waals surface area contributed by atoms with Crippen molar-refractivity contribution in [2.45, 2.75) is 238 Å². The van der Waals surface area contributed by atoms with E-state index in [1.807, 2.05) is 21.1 Å². The van der Waals surface area contributed by atoms with Crippen molar-refractivity contribution in [3.05, 3.63) is 85.1 Å². The van der Waals surface area contributed by atoms with Crippen LogP contribution in [0.25, 0.3) is 0 Å². The predicted octanol–water partition coefficient (Wildman–Crippen LogP) is 16.4. The summed E-state index contributed by atoms with van der Waals surface area (Å²) in [4.78, 5) is 37.2. The smallest absolute Gasteiger partial charge is 0.362 e. The molecule has 68 heavy (non-hydrogen) atoms. The fourth-order valence-electron chi connectivity index (χ4n) is 7.85. The van der Waals surface area contributed by atoms with E-state index >= 15 is 0 Å². The summed E-state index contributed by atoms with van der Waals surface area (Å²) in [5, 5.41) is 9.67. The summed E-state index contributed by atoms with van der Waals surface area (Å²) >= 11 is 0. The second-order valence-electron chi connectivity index (χ2n) is 19.5. The summed E-state index contributed by atoms with van der Waals surface area (Å²) in [7, 11) is 5.52. The first-order chi connectivity index (χ1) is 33.1. The standard InChI is InChI=1S/C60H103NO7/c1-6-8-10-12-14-16-18-20-22-24-26-28-29-31-33-35-37-39-41-43-45-47-49-51-59(63)68-56(54-66-53-52-57(60(64)65)61(3,4)5)55-67-58(62)50-48-46-44-42-40-38-36-34-32-30-27-25-23-21-19-17-15-13-11-9-7-2/h8,10,14,16,20,22,26,28,31,33,37,39,43,45,56-57H,6-7,9,11-13,15,17-19,21,23-25,27,29-30,32,34-36,38,40-42,44,46-55H2,1-5H3/p+1/b10-8+,16-14+,22-20+,28-26+,33-31+,39-37+,45-43+. The number of aliphatic carboxylic acids is 1. The van der Waals surface area contributed by atoms with Crippen LogP contribution in [0.2, 0.25) is 0 Å². The topological polar surface area (TPSA) is 99.1 Å². The van der Waals surface area contributed by atoms with Crippen LogP contribution in [0.3, 0.4) is 0 Å². The predicted molar refractivity (Wildman–Crippen MR) is 289 cm³/mol. The number of carboxylic acids is 1. The fraction of sp³-hybridized carbons (Fsp3) is 0.717. The van der Waals surface area contributed by atoms with Crippen LogP contribution in [-0.4, -0.2) is 80.6 Å². The number of quaternary nitrogens is 1. The molecule has 0 aliphatic rings. The minimum atomic E-state index is -0.885. The summed E-state index contributed by atoms with van der Waals surface area (Å²) in [6, 6.07) is -0.629. The number of carbonyl (C=O) groups excluding carboxylic acids is 2. The Hall–Kier alpha value is -3.49. The van der Waals surface area contributed by atoms with Gasteiger partial charge in [0, 0.05) is 19.3 Å². The molecule has 2 atom stereocenters. The Morgan fingerprint density at radius 3 is 1.21 bits per heavy atom. The molecule has 0 saturated heterocycles. The maximum absolute atomic E-state index is 12.8. The molecular weight excluding hydrogens is 847 g/mol. The van der Waals surface area contributed by atoms with Crippen LogP contribution in [0.4, 0.5) is 0 Å². The molecule has 0 radical (unpaired) electrons.